The summed E-state index contributed by atoms with van der Waals surface area (Å²) in [7, 11) is 0. The fraction of sp³-hybridized carbons (Fsp3) is 0.538. The van der Waals surface area contributed by atoms with E-state index in [1.165, 1.54) is 12.1 Å². The van der Waals surface area contributed by atoms with Crippen molar-refractivity contribution in [2.45, 2.75) is 24.9 Å². The predicted octanol–water partition coefficient (Wildman–Crippen LogP) is 3.36. The third-order valence-corrected chi connectivity index (χ3v) is 4.25. The summed E-state index contributed by atoms with van der Waals surface area (Å²) in [5, 5.41) is 3.98. The minimum atomic E-state index is -0.275. The third-order valence-electron chi connectivity index (χ3n) is 3.37. The van der Waals surface area contributed by atoms with E-state index in [2.05, 4.69) is 5.32 Å². The first-order valence-corrected chi connectivity index (χ1v) is 6.89. The molecule has 1 aliphatic heterocycles. The Hall–Kier alpha value is -0.350. The Morgan fingerprint density at radius 1 is 1.33 bits per heavy atom. The number of halogens is 3. The zero-order valence-electron chi connectivity index (χ0n) is 10.0. The second kappa shape index (κ2) is 6.20. The van der Waals surface area contributed by atoms with Gasteiger partial charge in [0.1, 0.15) is 5.82 Å². The van der Waals surface area contributed by atoms with Gasteiger partial charge < -0.3 is 10.1 Å². The fourth-order valence-corrected chi connectivity index (χ4v) is 2.63. The molecule has 0 unspecified atom stereocenters. The van der Waals surface area contributed by atoms with Crippen LogP contribution in [0.25, 0.3) is 0 Å². The summed E-state index contributed by atoms with van der Waals surface area (Å²) in [6.45, 7) is 1.93. The van der Waals surface area contributed by atoms with Crippen LogP contribution >= 0.6 is 23.2 Å². The molecular weight excluding hydrogens is 276 g/mol. The van der Waals surface area contributed by atoms with Crippen molar-refractivity contribution in [1.82, 2.24) is 5.32 Å². The van der Waals surface area contributed by atoms with E-state index in [9.17, 15) is 4.39 Å². The van der Waals surface area contributed by atoms with Crippen LogP contribution in [-0.4, -0.2) is 24.6 Å². The van der Waals surface area contributed by atoms with Crippen LogP contribution in [-0.2, 0) is 11.3 Å². The van der Waals surface area contributed by atoms with Crippen LogP contribution in [0.4, 0.5) is 4.39 Å². The molecule has 0 atom stereocenters. The average molecular weight is 292 g/mol. The number of hydrogen-bond donors (Lipinski definition) is 1. The van der Waals surface area contributed by atoms with Gasteiger partial charge in [0, 0.05) is 36.2 Å². The van der Waals surface area contributed by atoms with Gasteiger partial charge in [0.15, 0.2) is 0 Å². The quantitative estimate of drug-likeness (QED) is 0.859. The second-order valence-corrected chi connectivity index (χ2v) is 5.29. The van der Waals surface area contributed by atoms with Gasteiger partial charge in [-0.3, -0.25) is 0 Å². The lowest BCUT2D eigenvalue weighted by molar-refractivity contribution is 0.0459. The van der Waals surface area contributed by atoms with Crippen LogP contribution in [0, 0.1) is 5.82 Å². The highest BCUT2D eigenvalue weighted by molar-refractivity contribution is 6.31. The van der Waals surface area contributed by atoms with Gasteiger partial charge in [0.25, 0.3) is 0 Å². The maximum Gasteiger partial charge on any atom is 0.123 e. The van der Waals surface area contributed by atoms with E-state index in [0.29, 0.717) is 30.7 Å². The Bertz CT molecular complexity index is 408. The van der Waals surface area contributed by atoms with E-state index in [1.807, 2.05) is 0 Å². The van der Waals surface area contributed by atoms with Crippen LogP contribution in [0.3, 0.4) is 0 Å². The van der Waals surface area contributed by atoms with E-state index < -0.39 is 0 Å². The number of ether oxygens (including phenoxy) is 1. The molecule has 1 aromatic carbocycles. The standard InChI is InChI=1S/C13H16Cl2FNO/c14-9-13(3-5-18-6-4-13)17-8-10-7-11(16)1-2-12(10)15/h1-2,7,17H,3-6,8-9H2. The Morgan fingerprint density at radius 2 is 2.06 bits per heavy atom. The predicted molar refractivity (Wildman–Crippen MR) is 71.8 cm³/mol. The Morgan fingerprint density at radius 3 is 2.72 bits per heavy atom. The average Bonchev–Trinajstić information content (AvgIpc) is 2.41. The molecule has 1 N–H and O–H groups in total. The van der Waals surface area contributed by atoms with Crippen LogP contribution in [0.2, 0.25) is 5.02 Å². The van der Waals surface area contributed by atoms with Gasteiger partial charge in [-0.15, -0.1) is 11.6 Å². The lowest BCUT2D eigenvalue weighted by Crippen LogP contribution is -2.50. The van der Waals surface area contributed by atoms with Crippen molar-refractivity contribution in [2.24, 2.45) is 0 Å². The van der Waals surface area contributed by atoms with E-state index in [4.69, 9.17) is 27.9 Å². The van der Waals surface area contributed by atoms with Crippen molar-refractivity contribution in [3.63, 3.8) is 0 Å². The summed E-state index contributed by atoms with van der Waals surface area (Å²) in [6.07, 6.45) is 1.73. The highest BCUT2D eigenvalue weighted by atomic mass is 35.5. The minimum Gasteiger partial charge on any atom is -0.381 e. The SMILES string of the molecule is Fc1ccc(Cl)c(CNC2(CCl)CCOCC2)c1. The van der Waals surface area contributed by atoms with Gasteiger partial charge in [0.05, 0.1) is 0 Å². The zero-order valence-corrected chi connectivity index (χ0v) is 11.5. The molecule has 1 heterocycles. The maximum atomic E-state index is 13.2. The number of hydrogen-bond acceptors (Lipinski definition) is 2. The van der Waals surface area contributed by atoms with E-state index >= 15 is 0 Å². The monoisotopic (exact) mass is 291 g/mol. The van der Waals surface area contributed by atoms with E-state index in [0.717, 1.165) is 18.4 Å². The van der Waals surface area contributed by atoms with Crippen molar-refractivity contribution in [1.29, 1.82) is 0 Å². The first-order chi connectivity index (χ1) is 8.65. The summed E-state index contributed by atoms with van der Waals surface area (Å²) in [4.78, 5) is 0. The molecule has 100 valence electrons. The van der Waals surface area contributed by atoms with Crippen molar-refractivity contribution >= 4 is 23.2 Å². The molecule has 0 aromatic heterocycles. The molecule has 2 rings (SSSR count). The van der Waals surface area contributed by atoms with E-state index in [-0.39, 0.29) is 11.4 Å². The van der Waals surface area contributed by atoms with Crippen molar-refractivity contribution < 1.29 is 9.13 Å². The molecule has 0 bridgehead atoms. The number of nitrogens with one attached hydrogen (secondary N) is 1. The second-order valence-electron chi connectivity index (χ2n) is 4.62. The van der Waals surface area contributed by atoms with Crippen molar-refractivity contribution in [2.75, 3.05) is 19.1 Å². The summed E-state index contributed by atoms with van der Waals surface area (Å²) >= 11 is 12.1. The number of rotatable bonds is 4. The van der Waals surface area contributed by atoms with Crippen LogP contribution in [0.1, 0.15) is 18.4 Å². The number of benzene rings is 1. The smallest absolute Gasteiger partial charge is 0.123 e. The maximum absolute atomic E-state index is 13.2. The first kappa shape index (κ1) is 14.1. The van der Waals surface area contributed by atoms with Crippen LogP contribution < -0.4 is 5.32 Å². The zero-order chi connectivity index (χ0) is 13.0. The molecule has 1 aliphatic rings. The molecule has 0 aliphatic carbocycles. The van der Waals surface area contributed by atoms with Crippen molar-refractivity contribution in [3.8, 4) is 0 Å². The molecule has 1 saturated heterocycles. The lowest BCUT2D eigenvalue weighted by atomic mass is 9.92. The molecular formula is C13H16Cl2FNO. The first-order valence-electron chi connectivity index (χ1n) is 5.98. The Labute approximate surface area is 116 Å². The normalized spacial score (nSPS) is 18.8. The topological polar surface area (TPSA) is 21.3 Å². The molecule has 0 amide bonds. The van der Waals surface area contributed by atoms with Crippen molar-refractivity contribution in [3.05, 3.63) is 34.6 Å². The highest BCUT2D eigenvalue weighted by Gasteiger charge is 2.31. The molecule has 0 radical (unpaired) electrons. The molecule has 5 heteroatoms. The molecule has 0 saturated carbocycles. The van der Waals surface area contributed by atoms with Gasteiger partial charge in [0.2, 0.25) is 0 Å². The van der Waals surface area contributed by atoms with Gasteiger partial charge in [-0.2, -0.15) is 0 Å². The molecule has 1 aromatic rings. The van der Waals surface area contributed by atoms with Gasteiger partial charge in [-0.1, -0.05) is 11.6 Å². The summed E-state index contributed by atoms with van der Waals surface area (Å²) in [5.41, 5.74) is 0.628. The summed E-state index contributed by atoms with van der Waals surface area (Å²) in [5.74, 6) is 0.242. The molecule has 1 fully saturated rings. The highest BCUT2D eigenvalue weighted by Crippen LogP contribution is 2.24. The van der Waals surface area contributed by atoms with Gasteiger partial charge in [-0.05, 0) is 36.6 Å². The fourth-order valence-electron chi connectivity index (χ4n) is 2.08. The molecule has 0 spiro atoms. The Balaban J connectivity index is 2.03. The number of alkyl halides is 1. The van der Waals surface area contributed by atoms with E-state index in [1.54, 1.807) is 6.07 Å². The van der Waals surface area contributed by atoms with Gasteiger partial charge >= 0.3 is 0 Å². The molecule has 18 heavy (non-hydrogen) atoms. The van der Waals surface area contributed by atoms with Gasteiger partial charge in [-0.25, -0.2) is 4.39 Å². The summed E-state index contributed by atoms with van der Waals surface area (Å²) < 4.78 is 18.5. The van der Waals surface area contributed by atoms with Crippen LogP contribution in [0.5, 0.6) is 0 Å². The largest absolute Gasteiger partial charge is 0.381 e. The lowest BCUT2D eigenvalue weighted by Gasteiger charge is -2.36. The Kier molecular flexibility index (Phi) is 4.84. The minimum absolute atomic E-state index is 0.130. The summed E-state index contributed by atoms with van der Waals surface area (Å²) in [6, 6.07) is 4.39. The molecule has 2 nitrogen and oxygen atoms in total. The van der Waals surface area contributed by atoms with Crippen LogP contribution in [0.15, 0.2) is 18.2 Å². The third kappa shape index (κ3) is 3.35.